The van der Waals surface area contributed by atoms with Crippen molar-refractivity contribution in [2.75, 3.05) is 0 Å². The molecule has 2 rings (SSSR count). The van der Waals surface area contributed by atoms with Crippen LogP contribution in [0.25, 0.3) is 11.6 Å². The fraction of sp³-hybridized carbons (Fsp3) is 0.444. The largest absolute Gasteiger partial charge is 0.332 e. The summed E-state index contributed by atoms with van der Waals surface area (Å²) in [7, 11) is 1.87. The van der Waals surface area contributed by atoms with Crippen molar-refractivity contribution >= 4 is 0 Å². The number of aromatic nitrogens is 4. The second-order valence-corrected chi connectivity index (χ2v) is 3.36. The molecule has 1 atom stereocenters. The molecule has 80 valence electrons. The molecule has 0 radical (unpaired) electrons. The van der Waals surface area contributed by atoms with Gasteiger partial charge in [0.25, 0.3) is 5.89 Å². The average molecular weight is 207 g/mol. The molecule has 2 heterocycles. The van der Waals surface area contributed by atoms with Crippen LogP contribution >= 0.6 is 0 Å². The summed E-state index contributed by atoms with van der Waals surface area (Å²) in [5, 5.41) is 3.83. The third kappa shape index (κ3) is 1.75. The van der Waals surface area contributed by atoms with Crippen LogP contribution in [-0.2, 0) is 7.05 Å². The van der Waals surface area contributed by atoms with E-state index in [1.807, 2.05) is 18.5 Å². The summed E-state index contributed by atoms with van der Waals surface area (Å²) in [5.74, 6) is 0.989. The summed E-state index contributed by atoms with van der Waals surface area (Å²) in [6, 6.07) is -0.171. The van der Waals surface area contributed by atoms with Gasteiger partial charge in [-0.25, -0.2) is 4.98 Å². The first-order chi connectivity index (χ1) is 7.22. The first kappa shape index (κ1) is 9.85. The molecule has 0 saturated heterocycles. The Kier molecular flexibility index (Phi) is 2.51. The topological polar surface area (TPSA) is 82.8 Å². The van der Waals surface area contributed by atoms with E-state index in [9.17, 15) is 0 Å². The van der Waals surface area contributed by atoms with Gasteiger partial charge >= 0.3 is 0 Å². The van der Waals surface area contributed by atoms with Crippen molar-refractivity contribution in [1.82, 2.24) is 19.7 Å². The Morgan fingerprint density at radius 2 is 2.40 bits per heavy atom. The van der Waals surface area contributed by atoms with Crippen LogP contribution in [0.5, 0.6) is 0 Å². The van der Waals surface area contributed by atoms with Crippen molar-refractivity contribution in [2.24, 2.45) is 12.8 Å². The van der Waals surface area contributed by atoms with Crippen LogP contribution in [0.4, 0.5) is 0 Å². The lowest BCUT2D eigenvalue weighted by Gasteiger charge is -1.99. The van der Waals surface area contributed by atoms with E-state index >= 15 is 0 Å². The average Bonchev–Trinajstić information content (AvgIpc) is 2.84. The lowest BCUT2D eigenvalue weighted by atomic mass is 10.2. The minimum atomic E-state index is -0.171. The molecule has 2 N–H and O–H groups in total. The summed E-state index contributed by atoms with van der Waals surface area (Å²) in [6.45, 7) is 1.98. The van der Waals surface area contributed by atoms with Gasteiger partial charge < -0.3 is 14.8 Å². The van der Waals surface area contributed by atoms with E-state index < -0.39 is 0 Å². The SMILES string of the molecule is CCC(N)c1noc(-c2cncn2C)n1. The highest BCUT2D eigenvalue weighted by Crippen LogP contribution is 2.18. The summed E-state index contributed by atoms with van der Waals surface area (Å²) < 4.78 is 6.93. The van der Waals surface area contributed by atoms with Crippen molar-refractivity contribution in [3.05, 3.63) is 18.3 Å². The molecule has 6 nitrogen and oxygen atoms in total. The molecule has 0 aliphatic rings. The van der Waals surface area contributed by atoms with Crippen molar-refractivity contribution in [3.63, 3.8) is 0 Å². The summed E-state index contributed by atoms with van der Waals surface area (Å²) in [5.41, 5.74) is 6.58. The summed E-state index contributed by atoms with van der Waals surface area (Å²) in [6.07, 6.45) is 4.14. The quantitative estimate of drug-likeness (QED) is 0.807. The molecule has 0 spiro atoms. The molecule has 2 aromatic heterocycles. The zero-order valence-electron chi connectivity index (χ0n) is 8.71. The second-order valence-electron chi connectivity index (χ2n) is 3.36. The van der Waals surface area contributed by atoms with Gasteiger partial charge in [-0.2, -0.15) is 4.98 Å². The molecular weight excluding hydrogens is 194 g/mol. The molecule has 1 unspecified atom stereocenters. The van der Waals surface area contributed by atoms with E-state index in [0.717, 1.165) is 12.1 Å². The number of nitrogens with two attached hydrogens (primary N) is 1. The molecule has 0 aliphatic carbocycles. The Hall–Kier alpha value is -1.69. The van der Waals surface area contributed by atoms with Crippen LogP contribution in [0.3, 0.4) is 0 Å². The predicted octanol–water partition coefficient (Wildman–Crippen LogP) is 0.880. The number of nitrogens with zero attached hydrogens (tertiary/aromatic N) is 4. The zero-order chi connectivity index (χ0) is 10.8. The molecular formula is C9H13N5O. The van der Waals surface area contributed by atoms with Crippen LogP contribution < -0.4 is 5.73 Å². The number of hydrogen-bond acceptors (Lipinski definition) is 5. The van der Waals surface area contributed by atoms with Crippen molar-refractivity contribution in [1.29, 1.82) is 0 Å². The van der Waals surface area contributed by atoms with Gasteiger partial charge in [-0.15, -0.1) is 0 Å². The molecule has 2 aromatic rings. The molecule has 0 fully saturated rings. The first-order valence-corrected chi connectivity index (χ1v) is 4.78. The Bertz CT molecular complexity index is 447. The number of imidazole rings is 1. The fourth-order valence-corrected chi connectivity index (χ4v) is 1.24. The van der Waals surface area contributed by atoms with Crippen LogP contribution in [0, 0.1) is 0 Å². The summed E-state index contributed by atoms with van der Waals surface area (Å²) in [4.78, 5) is 8.20. The third-order valence-electron chi connectivity index (χ3n) is 2.25. The Balaban J connectivity index is 2.32. The van der Waals surface area contributed by atoms with Gasteiger partial charge in [-0.05, 0) is 6.42 Å². The normalized spacial score (nSPS) is 13.0. The van der Waals surface area contributed by atoms with Crippen LogP contribution in [0.1, 0.15) is 25.2 Å². The molecule has 0 saturated carbocycles. The summed E-state index contributed by atoms with van der Waals surface area (Å²) >= 11 is 0. The van der Waals surface area contributed by atoms with Gasteiger partial charge in [-0.1, -0.05) is 12.1 Å². The monoisotopic (exact) mass is 207 g/mol. The van der Waals surface area contributed by atoms with Crippen LogP contribution in [-0.4, -0.2) is 19.7 Å². The van der Waals surface area contributed by atoms with Gasteiger partial charge in [0, 0.05) is 7.05 Å². The molecule has 0 aliphatic heterocycles. The number of rotatable bonds is 3. The van der Waals surface area contributed by atoms with Gasteiger partial charge in [0.2, 0.25) is 0 Å². The Labute approximate surface area is 87.1 Å². The van der Waals surface area contributed by atoms with Crippen LogP contribution in [0.2, 0.25) is 0 Å². The van der Waals surface area contributed by atoms with Gasteiger partial charge in [0.05, 0.1) is 18.6 Å². The Morgan fingerprint density at radius 1 is 1.60 bits per heavy atom. The van der Waals surface area contributed by atoms with E-state index in [4.69, 9.17) is 10.3 Å². The number of aryl methyl sites for hydroxylation is 1. The first-order valence-electron chi connectivity index (χ1n) is 4.78. The van der Waals surface area contributed by atoms with E-state index in [1.165, 1.54) is 0 Å². The second kappa shape index (κ2) is 3.82. The van der Waals surface area contributed by atoms with Crippen molar-refractivity contribution < 1.29 is 4.52 Å². The zero-order valence-corrected chi connectivity index (χ0v) is 8.71. The lowest BCUT2D eigenvalue weighted by molar-refractivity contribution is 0.413. The predicted molar refractivity (Wildman–Crippen MR) is 53.7 cm³/mol. The molecule has 0 bridgehead atoms. The van der Waals surface area contributed by atoms with E-state index in [1.54, 1.807) is 12.5 Å². The van der Waals surface area contributed by atoms with E-state index in [2.05, 4.69) is 15.1 Å². The highest BCUT2D eigenvalue weighted by molar-refractivity contribution is 5.45. The smallest absolute Gasteiger partial charge is 0.276 e. The highest BCUT2D eigenvalue weighted by Gasteiger charge is 2.15. The molecule has 0 aromatic carbocycles. The fourth-order valence-electron chi connectivity index (χ4n) is 1.24. The molecule has 0 amide bonds. The maximum Gasteiger partial charge on any atom is 0.276 e. The molecule has 6 heteroatoms. The third-order valence-corrected chi connectivity index (χ3v) is 2.25. The van der Waals surface area contributed by atoms with Crippen molar-refractivity contribution in [2.45, 2.75) is 19.4 Å². The highest BCUT2D eigenvalue weighted by atomic mass is 16.5. The van der Waals surface area contributed by atoms with Crippen molar-refractivity contribution in [3.8, 4) is 11.6 Å². The lowest BCUT2D eigenvalue weighted by Crippen LogP contribution is -2.10. The maximum absolute atomic E-state index is 5.79. The minimum Gasteiger partial charge on any atom is -0.332 e. The van der Waals surface area contributed by atoms with Crippen LogP contribution in [0.15, 0.2) is 17.0 Å². The minimum absolute atomic E-state index is 0.171. The standard InChI is InChI=1S/C9H13N5O/c1-3-6(10)8-12-9(15-13-8)7-4-11-5-14(7)2/h4-6H,3,10H2,1-2H3. The van der Waals surface area contributed by atoms with E-state index in [0.29, 0.717) is 11.7 Å². The van der Waals surface area contributed by atoms with E-state index in [-0.39, 0.29) is 6.04 Å². The van der Waals surface area contributed by atoms with Gasteiger partial charge in [0.15, 0.2) is 5.82 Å². The van der Waals surface area contributed by atoms with Gasteiger partial charge in [-0.3, -0.25) is 0 Å². The maximum atomic E-state index is 5.79. The molecule has 15 heavy (non-hydrogen) atoms. The Morgan fingerprint density at radius 3 is 3.00 bits per heavy atom. The number of hydrogen-bond donors (Lipinski definition) is 1. The van der Waals surface area contributed by atoms with Gasteiger partial charge in [0.1, 0.15) is 5.69 Å².